The van der Waals surface area contributed by atoms with E-state index >= 15 is 0 Å². The molecule has 88 valence electrons. The summed E-state index contributed by atoms with van der Waals surface area (Å²) in [6.45, 7) is 3.45. The molecule has 5 heteroatoms. The first kappa shape index (κ1) is 13.1. The fourth-order valence-corrected chi connectivity index (χ4v) is 1.58. The second-order valence-corrected chi connectivity index (χ2v) is 3.80. The molecule has 0 aliphatic rings. The molecule has 0 spiro atoms. The van der Waals surface area contributed by atoms with Gasteiger partial charge in [-0.1, -0.05) is 23.7 Å². The van der Waals surface area contributed by atoms with E-state index in [9.17, 15) is 13.2 Å². The van der Waals surface area contributed by atoms with Crippen LogP contribution < -0.4 is 5.73 Å². The zero-order valence-electron chi connectivity index (χ0n) is 8.39. The highest BCUT2D eigenvalue weighted by atomic mass is 35.5. The lowest BCUT2D eigenvalue weighted by Crippen LogP contribution is -2.17. The number of alkyl halides is 3. The van der Waals surface area contributed by atoms with Gasteiger partial charge in [0, 0.05) is 11.1 Å². The zero-order valence-corrected chi connectivity index (χ0v) is 9.15. The van der Waals surface area contributed by atoms with Gasteiger partial charge >= 0.3 is 6.18 Å². The lowest BCUT2D eigenvalue weighted by atomic mass is 9.98. The first-order chi connectivity index (χ1) is 7.36. The van der Waals surface area contributed by atoms with E-state index in [2.05, 4.69) is 6.58 Å². The van der Waals surface area contributed by atoms with Crippen LogP contribution in [0.25, 0.3) is 0 Å². The molecule has 2 N–H and O–H groups in total. The fourth-order valence-electron chi connectivity index (χ4n) is 1.40. The molecule has 0 saturated heterocycles. The molecule has 1 aromatic rings. The lowest BCUT2D eigenvalue weighted by molar-refractivity contribution is -0.138. The Kier molecular flexibility index (Phi) is 3.99. The summed E-state index contributed by atoms with van der Waals surface area (Å²) in [7, 11) is 0. The highest BCUT2D eigenvalue weighted by Gasteiger charge is 2.34. The highest BCUT2D eigenvalue weighted by Crippen LogP contribution is 2.36. The summed E-state index contributed by atoms with van der Waals surface area (Å²) in [6, 6.07) is 2.88. The number of nitrogens with two attached hydrogens (primary N) is 1. The molecule has 0 saturated carbocycles. The molecule has 0 unspecified atom stereocenters. The lowest BCUT2D eigenvalue weighted by Gasteiger charge is -2.17. The quantitative estimate of drug-likeness (QED) is 0.807. The Hall–Kier alpha value is -1.00. The molecule has 0 heterocycles. The van der Waals surface area contributed by atoms with Gasteiger partial charge in [-0.15, -0.1) is 6.58 Å². The van der Waals surface area contributed by atoms with Crippen LogP contribution in [0.4, 0.5) is 13.2 Å². The van der Waals surface area contributed by atoms with Gasteiger partial charge in [-0.05, 0) is 24.1 Å². The van der Waals surface area contributed by atoms with Crippen molar-refractivity contribution in [2.75, 3.05) is 0 Å². The monoisotopic (exact) mass is 249 g/mol. The van der Waals surface area contributed by atoms with Gasteiger partial charge in [0.2, 0.25) is 0 Å². The minimum atomic E-state index is -4.45. The summed E-state index contributed by atoms with van der Waals surface area (Å²) in [6.07, 6.45) is -2.68. The maximum atomic E-state index is 12.7. The standard InChI is InChI=1S/C11H11ClF3N/c1-2-3-10(16)8-5-4-7(12)6-9(8)11(13,14)15/h2,4-6,10H,1,3,16H2/t10-/m0/s1. The molecule has 0 fully saturated rings. The predicted octanol–water partition coefficient (Wildman–Crippen LogP) is 3.93. The molecular formula is C11H11ClF3N. The van der Waals surface area contributed by atoms with Crippen LogP contribution in [0.15, 0.2) is 30.9 Å². The number of benzene rings is 1. The van der Waals surface area contributed by atoms with Gasteiger partial charge in [-0.2, -0.15) is 13.2 Å². The molecule has 16 heavy (non-hydrogen) atoms. The molecule has 1 atom stereocenters. The van der Waals surface area contributed by atoms with Crippen LogP contribution in [-0.2, 0) is 6.18 Å². The van der Waals surface area contributed by atoms with E-state index in [0.717, 1.165) is 6.07 Å². The molecule has 0 aliphatic carbocycles. The summed E-state index contributed by atoms with van der Waals surface area (Å²) in [5.74, 6) is 0. The second kappa shape index (κ2) is 4.89. The van der Waals surface area contributed by atoms with E-state index in [-0.39, 0.29) is 17.0 Å². The predicted molar refractivity (Wildman–Crippen MR) is 58.2 cm³/mol. The van der Waals surface area contributed by atoms with Crippen LogP contribution in [0.2, 0.25) is 5.02 Å². The normalized spacial score (nSPS) is 13.6. The summed E-state index contributed by atoms with van der Waals surface area (Å²) >= 11 is 5.54. The van der Waals surface area contributed by atoms with Crippen molar-refractivity contribution in [2.45, 2.75) is 18.6 Å². The minimum absolute atomic E-state index is 0.0387. The maximum Gasteiger partial charge on any atom is 0.416 e. The van der Waals surface area contributed by atoms with Crippen molar-refractivity contribution in [1.29, 1.82) is 0 Å². The third-order valence-electron chi connectivity index (χ3n) is 2.14. The average Bonchev–Trinajstić information content (AvgIpc) is 2.16. The van der Waals surface area contributed by atoms with Crippen LogP contribution in [0.1, 0.15) is 23.6 Å². The summed E-state index contributed by atoms with van der Waals surface area (Å²) in [5.41, 5.74) is 4.89. The molecule has 0 amide bonds. The topological polar surface area (TPSA) is 26.0 Å². The Bertz CT molecular complexity index is 387. The molecule has 1 aromatic carbocycles. The van der Waals surface area contributed by atoms with Crippen molar-refractivity contribution < 1.29 is 13.2 Å². The van der Waals surface area contributed by atoms with Crippen molar-refractivity contribution in [3.8, 4) is 0 Å². The van der Waals surface area contributed by atoms with Gasteiger partial charge in [-0.3, -0.25) is 0 Å². The Labute approximate surface area is 96.7 Å². The van der Waals surface area contributed by atoms with Crippen LogP contribution in [0.5, 0.6) is 0 Å². The smallest absolute Gasteiger partial charge is 0.324 e. The molecular weight excluding hydrogens is 239 g/mol. The average molecular weight is 250 g/mol. The molecule has 1 rings (SSSR count). The van der Waals surface area contributed by atoms with E-state index < -0.39 is 17.8 Å². The van der Waals surface area contributed by atoms with Crippen molar-refractivity contribution in [3.63, 3.8) is 0 Å². The van der Waals surface area contributed by atoms with E-state index in [4.69, 9.17) is 17.3 Å². The van der Waals surface area contributed by atoms with E-state index in [1.54, 1.807) is 0 Å². The van der Waals surface area contributed by atoms with Crippen LogP contribution in [0, 0.1) is 0 Å². The highest BCUT2D eigenvalue weighted by molar-refractivity contribution is 6.30. The zero-order chi connectivity index (χ0) is 12.3. The SMILES string of the molecule is C=CC[C@H](N)c1ccc(Cl)cc1C(F)(F)F. The second-order valence-electron chi connectivity index (χ2n) is 3.36. The number of rotatable bonds is 3. The Balaban J connectivity index is 3.22. The van der Waals surface area contributed by atoms with Gasteiger partial charge in [0.25, 0.3) is 0 Å². The third kappa shape index (κ3) is 3.00. The third-order valence-corrected chi connectivity index (χ3v) is 2.38. The Morgan fingerprint density at radius 1 is 1.44 bits per heavy atom. The first-order valence-corrected chi connectivity index (χ1v) is 4.97. The Morgan fingerprint density at radius 2 is 2.06 bits per heavy atom. The van der Waals surface area contributed by atoms with Gasteiger partial charge in [0.1, 0.15) is 0 Å². The molecule has 0 aliphatic heterocycles. The van der Waals surface area contributed by atoms with Gasteiger partial charge < -0.3 is 5.73 Å². The van der Waals surface area contributed by atoms with E-state index in [1.165, 1.54) is 18.2 Å². The summed E-state index contributed by atoms with van der Waals surface area (Å²) < 4.78 is 38.1. The first-order valence-electron chi connectivity index (χ1n) is 4.59. The summed E-state index contributed by atoms with van der Waals surface area (Å²) in [5, 5.41) is 0.0434. The molecule has 1 nitrogen and oxygen atoms in total. The van der Waals surface area contributed by atoms with E-state index in [1.807, 2.05) is 0 Å². The van der Waals surface area contributed by atoms with Crippen LogP contribution in [0.3, 0.4) is 0 Å². The molecule has 0 radical (unpaired) electrons. The van der Waals surface area contributed by atoms with Gasteiger partial charge in [0.05, 0.1) is 5.56 Å². The van der Waals surface area contributed by atoms with Crippen molar-refractivity contribution >= 4 is 11.6 Å². The van der Waals surface area contributed by atoms with Crippen LogP contribution >= 0.6 is 11.6 Å². The molecule has 0 aromatic heterocycles. The van der Waals surface area contributed by atoms with Gasteiger partial charge in [0.15, 0.2) is 0 Å². The summed E-state index contributed by atoms with van der Waals surface area (Å²) in [4.78, 5) is 0. The molecule has 0 bridgehead atoms. The maximum absolute atomic E-state index is 12.7. The van der Waals surface area contributed by atoms with Gasteiger partial charge in [-0.25, -0.2) is 0 Å². The Morgan fingerprint density at radius 3 is 2.56 bits per heavy atom. The van der Waals surface area contributed by atoms with Crippen molar-refractivity contribution in [1.82, 2.24) is 0 Å². The van der Waals surface area contributed by atoms with Crippen molar-refractivity contribution in [3.05, 3.63) is 47.0 Å². The number of halogens is 4. The van der Waals surface area contributed by atoms with E-state index in [0.29, 0.717) is 0 Å². The largest absolute Gasteiger partial charge is 0.416 e. The number of hydrogen-bond acceptors (Lipinski definition) is 1. The fraction of sp³-hybridized carbons (Fsp3) is 0.273. The minimum Gasteiger partial charge on any atom is -0.324 e. The van der Waals surface area contributed by atoms with Crippen LogP contribution in [-0.4, -0.2) is 0 Å². The van der Waals surface area contributed by atoms with Crippen molar-refractivity contribution in [2.24, 2.45) is 5.73 Å². The number of hydrogen-bond donors (Lipinski definition) is 1.